The molecule has 2 rings (SSSR count). The Morgan fingerprint density at radius 3 is 2.91 bits per heavy atom. The van der Waals surface area contributed by atoms with Crippen molar-refractivity contribution in [3.63, 3.8) is 0 Å². The fourth-order valence-electron chi connectivity index (χ4n) is 2.71. The number of carbonyl (C=O) groups is 1. The summed E-state index contributed by atoms with van der Waals surface area (Å²) in [6, 6.07) is -0.192. The number of nitrogens with one attached hydrogen (secondary N) is 2. The average Bonchev–Trinajstić information content (AvgIpc) is 3.02. The van der Waals surface area contributed by atoms with Crippen molar-refractivity contribution in [1.29, 1.82) is 0 Å². The van der Waals surface area contributed by atoms with E-state index in [-0.39, 0.29) is 18.6 Å². The predicted molar refractivity (Wildman–Crippen MR) is 87.4 cm³/mol. The highest BCUT2D eigenvalue weighted by molar-refractivity contribution is 7.88. The van der Waals surface area contributed by atoms with E-state index in [2.05, 4.69) is 15.0 Å². The van der Waals surface area contributed by atoms with E-state index in [1.807, 2.05) is 10.8 Å². The Balaban J connectivity index is 1.75. The van der Waals surface area contributed by atoms with Gasteiger partial charge >= 0.3 is 6.03 Å². The summed E-state index contributed by atoms with van der Waals surface area (Å²) < 4.78 is 26.9. The molecule has 1 saturated heterocycles. The third-order valence-corrected chi connectivity index (χ3v) is 4.59. The van der Waals surface area contributed by atoms with Crippen LogP contribution in [0, 0.1) is 0 Å². The van der Waals surface area contributed by atoms with Crippen LogP contribution in [0.1, 0.15) is 25.7 Å². The minimum atomic E-state index is -3.24. The van der Waals surface area contributed by atoms with Gasteiger partial charge < -0.3 is 14.8 Å². The van der Waals surface area contributed by atoms with E-state index in [4.69, 9.17) is 0 Å². The Morgan fingerprint density at radius 2 is 2.22 bits per heavy atom. The Labute approximate surface area is 137 Å². The summed E-state index contributed by atoms with van der Waals surface area (Å²) in [6.45, 7) is 2.34. The molecule has 1 fully saturated rings. The molecule has 130 valence electrons. The van der Waals surface area contributed by atoms with Crippen molar-refractivity contribution >= 4 is 16.1 Å². The molecule has 1 aromatic heterocycles. The largest absolute Gasteiger partial charge is 0.338 e. The quantitative estimate of drug-likeness (QED) is 0.700. The predicted octanol–water partition coefficient (Wildman–Crippen LogP) is 0.387. The molecule has 0 saturated carbocycles. The standard InChI is InChI=1S/C14H25N5O3S/c1-23(21,22)17-11-13-5-2-3-9-19(13)14(20)16-6-4-8-18-10-7-15-12-18/h7,10,12-13,17H,2-6,8-9,11H2,1H3,(H,16,20). The highest BCUT2D eigenvalue weighted by Gasteiger charge is 2.26. The third kappa shape index (κ3) is 6.19. The molecule has 0 spiro atoms. The molecule has 1 aliphatic rings. The first-order chi connectivity index (χ1) is 11.0. The molecule has 1 aliphatic heterocycles. The second-order valence-corrected chi connectivity index (χ2v) is 7.68. The Kier molecular flexibility index (Phi) is 6.40. The highest BCUT2D eigenvalue weighted by atomic mass is 32.2. The Morgan fingerprint density at radius 1 is 1.39 bits per heavy atom. The van der Waals surface area contributed by atoms with E-state index in [1.165, 1.54) is 0 Å². The number of likely N-dealkylation sites (tertiary alicyclic amines) is 1. The zero-order valence-electron chi connectivity index (χ0n) is 13.4. The molecule has 1 unspecified atom stereocenters. The number of amides is 2. The summed E-state index contributed by atoms with van der Waals surface area (Å²) in [5.74, 6) is 0. The molecule has 1 atom stereocenters. The lowest BCUT2D eigenvalue weighted by atomic mass is 10.0. The van der Waals surface area contributed by atoms with Gasteiger partial charge in [0.1, 0.15) is 0 Å². The van der Waals surface area contributed by atoms with E-state index in [0.29, 0.717) is 13.1 Å². The first-order valence-corrected chi connectivity index (χ1v) is 9.80. The number of nitrogens with zero attached hydrogens (tertiary/aromatic N) is 3. The van der Waals surface area contributed by atoms with Crippen molar-refractivity contribution in [3.8, 4) is 0 Å². The molecule has 2 amide bonds. The lowest BCUT2D eigenvalue weighted by Crippen LogP contribution is -2.52. The number of aromatic nitrogens is 2. The molecule has 0 bridgehead atoms. The van der Waals surface area contributed by atoms with Crippen LogP contribution in [-0.4, -0.2) is 60.8 Å². The summed E-state index contributed by atoms with van der Waals surface area (Å²) in [7, 11) is -3.24. The number of carbonyl (C=O) groups excluding carboxylic acids is 1. The fraction of sp³-hybridized carbons (Fsp3) is 0.714. The van der Waals surface area contributed by atoms with Gasteiger partial charge in [0, 0.05) is 44.6 Å². The van der Waals surface area contributed by atoms with E-state index >= 15 is 0 Å². The maximum absolute atomic E-state index is 12.3. The van der Waals surface area contributed by atoms with Crippen LogP contribution in [-0.2, 0) is 16.6 Å². The van der Waals surface area contributed by atoms with Gasteiger partial charge in [0.05, 0.1) is 12.6 Å². The minimum absolute atomic E-state index is 0.0767. The summed E-state index contributed by atoms with van der Waals surface area (Å²) in [6.07, 6.45) is 10.1. The zero-order valence-corrected chi connectivity index (χ0v) is 14.3. The first kappa shape index (κ1) is 17.7. The number of urea groups is 1. The molecule has 2 N–H and O–H groups in total. The molecule has 0 radical (unpaired) electrons. The van der Waals surface area contributed by atoms with Gasteiger partial charge in [-0.05, 0) is 25.7 Å². The average molecular weight is 343 g/mol. The van der Waals surface area contributed by atoms with Gasteiger partial charge in [0.15, 0.2) is 0 Å². The number of sulfonamides is 1. The van der Waals surface area contributed by atoms with Gasteiger partial charge in [-0.2, -0.15) is 0 Å². The number of imidazole rings is 1. The maximum atomic E-state index is 12.3. The normalized spacial score (nSPS) is 18.8. The summed E-state index contributed by atoms with van der Waals surface area (Å²) in [4.78, 5) is 18.0. The SMILES string of the molecule is CS(=O)(=O)NCC1CCCCN1C(=O)NCCCn1ccnc1. The summed E-state index contributed by atoms with van der Waals surface area (Å²) in [5.41, 5.74) is 0. The van der Waals surface area contributed by atoms with Gasteiger partial charge in [-0.15, -0.1) is 0 Å². The lowest BCUT2D eigenvalue weighted by molar-refractivity contribution is 0.152. The molecule has 9 heteroatoms. The molecule has 1 aromatic rings. The maximum Gasteiger partial charge on any atom is 0.317 e. The first-order valence-electron chi connectivity index (χ1n) is 7.90. The second-order valence-electron chi connectivity index (χ2n) is 5.85. The number of rotatable bonds is 7. The van der Waals surface area contributed by atoms with Gasteiger partial charge in [-0.3, -0.25) is 0 Å². The second kappa shape index (κ2) is 8.30. The van der Waals surface area contributed by atoms with Crippen LogP contribution < -0.4 is 10.0 Å². The van der Waals surface area contributed by atoms with E-state index in [1.54, 1.807) is 17.4 Å². The summed E-state index contributed by atoms with van der Waals surface area (Å²) >= 11 is 0. The van der Waals surface area contributed by atoms with Crippen LogP contribution >= 0.6 is 0 Å². The lowest BCUT2D eigenvalue weighted by Gasteiger charge is -2.35. The van der Waals surface area contributed by atoms with Crippen molar-refractivity contribution in [2.75, 3.05) is 25.9 Å². The minimum Gasteiger partial charge on any atom is -0.338 e. The van der Waals surface area contributed by atoms with E-state index in [9.17, 15) is 13.2 Å². The van der Waals surface area contributed by atoms with Crippen molar-refractivity contribution in [2.24, 2.45) is 0 Å². The zero-order chi connectivity index (χ0) is 16.7. The van der Waals surface area contributed by atoms with Crippen LogP contribution in [0.4, 0.5) is 4.79 Å². The van der Waals surface area contributed by atoms with Gasteiger partial charge in [-0.25, -0.2) is 22.9 Å². The number of hydrogen-bond acceptors (Lipinski definition) is 4. The van der Waals surface area contributed by atoms with Crippen molar-refractivity contribution in [3.05, 3.63) is 18.7 Å². The number of hydrogen-bond donors (Lipinski definition) is 2. The van der Waals surface area contributed by atoms with Crippen molar-refractivity contribution < 1.29 is 13.2 Å². The van der Waals surface area contributed by atoms with E-state index in [0.717, 1.165) is 38.5 Å². The molecule has 2 heterocycles. The van der Waals surface area contributed by atoms with Crippen molar-refractivity contribution in [2.45, 2.75) is 38.3 Å². The van der Waals surface area contributed by atoms with Crippen LogP contribution in [0.3, 0.4) is 0 Å². The van der Waals surface area contributed by atoms with Crippen LogP contribution in [0.15, 0.2) is 18.7 Å². The molecule has 23 heavy (non-hydrogen) atoms. The van der Waals surface area contributed by atoms with Crippen LogP contribution in [0.5, 0.6) is 0 Å². The fourth-order valence-corrected chi connectivity index (χ4v) is 3.20. The van der Waals surface area contributed by atoms with Crippen LogP contribution in [0.2, 0.25) is 0 Å². The third-order valence-electron chi connectivity index (χ3n) is 3.90. The van der Waals surface area contributed by atoms with Gasteiger partial charge in [0.25, 0.3) is 0 Å². The molecular formula is C14H25N5O3S. The van der Waals surface area contributed by atoms with Crippen molar-refractivity contribution in [1.82, 2.24) is 24.5 Å². The van der Waals surface area contributed by atoms with Gasteiger partial charge in [-0.1, -0.05) is 0 Å². The topological polar surface area (TPSA) is 96.3 Å². The highest BCUT2D eigenvalue weighted by Crippen LogP contribution is 2.16. The number of piperidine rings is 1. The molecule has 8 nitrogen and oxygen atoms in total. The van der Waals surface area contributed by atoms with Crippen LogP contribution in [0.25, 0.3) is 0 Å². The smallest absolute Gasteiger partial charge is 0.317 e. The molecular weight excluding hydrogens is 318 g/mol. The molecule has 0 aromatic carbocycles. The monoisotopic (exact) mass is 343 g/mol. The molecule has 0 aliphatic carbocycles. The Hall–Kier alpha value is -1.61. The number of aryl methyl sites for hydroxylation is 1. The summed E-state index contributed by atoms with van der Waals surface area (Å²) in [5, 5.41) is 2.92. The van der Waals surface area contributed by atoms with Gasteiger partial charge in [0.2, 0.25) is 10.0 Å². The Bertz CT molecular complexity index is 588. The van der Waals surface area contributed by atoms with E-state index < -0.39 is 10.0 Å².